The van der Waals surface area contributed by atoms with E-state index in [-0.39, 0.29) is 6.61 Å². The van der Waals surface area contributed by atoms with Crippen LogP contribution in [-0.2, 0) is 9.47 Å². The average molecular weight is 256 g/mol. The van der Waals surface area contributed by atoms with E-state index < -0.39 is 30.6 Å². The number of aliphatic hydroxyl groups excluding tert-OH is 2. The number of carbonyl (C=O) groups is 1. The van der Waals surface area contributed by atoms with Gasteiger partial charge in [-0.3, -0.25) is 0 Å². The highest BCUT2D eigenvalue weighted by Gasteiger charge is 2.43. The minimum Gasteiger partial charge on any atom is -0.459 e. The maximum absolute atomic E-state index is 13.4. The van der Waals surface area contributed by atoms with Gasteiger partial charge in [0.05, 0.1) is 5.56 Å². The Bertz CT molecular complexity index is 410. The number of halogens is 1. The summed E-state index contributed by atoms with van der Waals surface area (Å²) in [5, 5.41) is 18.2. The van der Waals surface area contributed by atoms with E-state index in [1.54, 1.807) is 30.3 Å². The van der Waals surface area contributed by atoms with E-state index in [0.29, 0.717) is 5.56 Å². The van der Waals surface area contributed by atoms with Gasteiger partial charge in [-0.15, -0.1) is 0 Å². The van der Waals surface area contributed by atoms with Crippen molar-refractivity contribution in [1.29, 1.82) is 0 Å². The molecule has 0 saturated carbocycles. The lowest BCUT2D eigenvalue weighted by molar-refractivity contribution is -0.133. The Morgan fingerprint density at radius 3 is 2.56 bits per heavy atom. The molecular formula is C12H13FO5. The molecule has 0 unspecified atom stereocenters. The molecular weight excluding hydrogens is 243 g/mol. The van der Waals surface area contributed by atoms with Crippen molar-refractivity contribution in [3.8, 4) is 0 Å². The number of aliphatic hydroxyl groups is 2. The summed E-state index contributed by atoms with van der Waals surface area (Å²) in [6, 6.07) is 8.23. The van der Waals surface area contributed by atoms with Crippen LogP contribution in [0.2, 0.25) is 0 Å². The molecule has 1 saturated heterocycles. The molecule has 1 aromatic carbocycles. The van der Waals surface area contributed by atoms with Crippen LogP contribution in [0.3, 0.4) is 0 Å². The van der Waals surface area contributed by atoms with Gasteiger partial charge in [0.2, 0.25) is 0 Å². The van der Waals surface area contributed by atoms with Crippen LogP contribution in [0, 0.1) is 0 Å². The zero-order valence-corrected chi connectivity index (χ0v) is 9.40. The number of esters is 1. The fourth-order valence-electron chi connectivity index (χ4n) is 1.66. The van der Waals surface area contributed by atoms with Gasteiger partial charge >= 0.3 is 5.97 Å². The largest absolute Gasteiger partial charge is 0.459 e. The van der Waals surface area contributed by atoms with Gasteiger partial charge in [-0.25, -0.2) is 9.18 Å². The monoisotopic (exact) mass is 256 g/mol. The second-order valence-corrected chi connectivity index (χ2v) is 3.96. The lowest BCUT2D eigenvalue weighted by Crippen LogP contribution is -2.31. The van der Waals surface area contributed by atoms with Crippen LogP contribution in [0.1, 0.15) is 10.4 Å². The first-order valence-corrected chi connectivity index (χ1v) is 5.47. The van der Waals surface area contributed by atoms with Crippen LogP contribution in [-0.4, -0.2) is 47.5 Å². The zero-order chi connectivity index (χ0) is 13.1. The summed E-state index contributed by atoms with van der Waals surface area (Å²) in [6.07, 6.45) is -6.11. The quantitative estimate of drug-likeness (QED) is 0.759. The van der Waals surface area contributed by atoms with Gasteiger partial charge in [-0.05, 0) is 12.1 Å². The Hall–Kier alpha value is -1.50. The molecule has 6 heteroatoms. The SMILES string of the molecule is O=C(OC[C@H]1O[C@H](O)[C@H](O)[C@@H]1F)c1ccccc1. The fraction of sp³-hybridized carbons (Fsp3) is 0.417. The van der Waals surface area contributed by atoms with Gasteiger partial charge < -0.3 is 19.7 Å². The minimum atomic E-state index is -1.77. The summed E-state index contributed by atoms with van der Waals surface area (Å²) in [6.45, 7) is -0.358. The predicted octanol–water partition coefficient (Wildman–Crippen LogP) is 0.260. The van der Waals surface area contributed by atoms with Crippen LogP contribution < -0.4 is 0 Å². The van der Waals surface area contributed by atoms with E-state index in [1.807, 2.05) is 0 Å². The third-order valence-corrected chi connectivity index (χ3v) is 2.68. The topological polar surface area (TPSA) is 76.0 Å². The van der Waals surface area contributed by atoms with Crippen LogP contribution in [0.15, 0.2) is 30.3 Å². The number of carbonyl (C=O) groups excluding carboxylic acids is 1. The molecule has 0 bridgehead atoms. The molecule has 0 aliphatic carbocycles. The summed E-state index contributed by atoms with van der Waals surface area (Å²) in [7, 11) is 0. The second-order valence-electron chi connectivity index (χ2n) is 3.96. The third-order valence-electron chi connectivity index (χ3n) is 2.68. The molecule has 18 heavy (non-hydrogen) atoms. The van der Waals surface area contributed by atoms with Gasteiger partial charge in [-0.2, -0.15) is 0 Å². The summed E-state index contributed by atoms with van der Waals surface area (Å²) >= 11 is 0. The number of rotatable bonds is 3. The molecule has 1 aliphatic rings. The van der Waals surface area contributed by atoms with Crippen molar-refractivity contribution >= 4 is 5.97 Å². The molecule has 1 fully saturated rings. The number of ether oxygens (including phenoxy) is 2. The molecule has 0 spiro atoms. The van der Waals surface area contributed by atoms with Crippen molar-refractivity contribution < 1.29 is 28.9 Å². The summed E-state index contributed by atoms with van der Waals surface area (Å²) in [4.78, 5) is 11.5. The van der Waals surface area contributed by atoms with Crippen molar-refractivity contribution in [1.82, 2.24) is 0 Å². The van der Waals surface area contributed by atoms with Crippen LogP contribution in [0.5, 0.6) is 0 Å². The standard InChI is InChI=1S/C12H13FO5/c13-9-8(18-12(16)10(9)14)6-17-11(15)7-4-2-1-3-5-7/h1-5,8-10,12,14,16H,6H2/t8-,9-,10-,12+/m1/s1. The van der Waals surface area contributed by atoms with E-state index in [4.69, 9.17) is 19.7 Å². The highest BCUT2D eigenvalue weighted by atomic mass is 19.1. The number of hydrogen-bond donors (Lipinski definition) is 2. The van der Waals surface area contributed by atoms with E-state index in [0.717, 1.165) is 0 Å². The first kappa shape index (κ1) is 12.9. The van der Waals surface area contributed by atoms with Crippen LogP contribution in [0.4, 0.5) is 4.39 Å². The Labute approximate surface area is 103 Å². The molecule has 1 heterocycles. The molecule has 1 aromatic rings. The Morgan fingerprint density at radius 1 is 1.33 bits per heavy atom. The molecule has 0 amide bonds. The van der Waals surface area contributed by atoms with Crippen molar-refractivity contribution in [2.75, 3.05) is 6.61 Å². The van der Waals surface area contributed by atoms with Crippen LogP contribution >= 0.6 is 0 Å². The second kappa shape index (κ2) is 5.43. The Balaban J connectivity index is 1.88. The van der Waals surface area contributed by atoms with E-state index in [2.05, 4.69) is 0 Å². The van der Waals surface area contributed by atoms with Crippen molar-refractivity contribution in [2.45, 2.75) is 24.7 Å². The van der Waals surface area contributed by atoms with E-state index in [1.165, 1.54) is 0 Å². The molecule has 5 nitrogen and oxygen atoms in total. The molecule has 0 radical (unpaired) electrons. The summed E-state index contributed by atoms with van der Waals surface area (Å²) in [5.74, 6) is -0.609. The lowest BCUT2D eigenvalue weighted by Gasteiger charge is -2.12. The van der Waals surface area contributed by atoms with Crippen molar-refractivity contribution in [3.05, 3.63) is 35.9 Å². The van der Waals surface area contributed by atoms with E-state index >= 15 is 0 Å². The first-order valence-electron chi connectivity index (χ1n) is 5.47. The van der Waals surface area contributed by atoms with E-state index in [9.17, 15) is 9.18 Å². The lowest BCUT2D eigenvalue weighted by atomic mass is 10.2. The van der Waals surface area contributed by atoms with Gasteiger partial charge in [0.15, 0.2) is 12.5 Å². The minimum absolute atomic E-state index is 0.340. The van der Waals surface area contributed by atoms with Gasteiger partial charge in [0.1, 0.15) is 18.8 Å². The summed E-state index contributed by atoms with van der Waals surface area (Å²) in [5.41, 5.74) is 0.340. The van der Waals surface area contributed by atoms with Gasteiger partial charge in [0, 0.05) is 0 Å². The highest BCUT2D eigenvalue weighted by molar-refractivity contribution is 5.89. The summed E-state index contributed by atoms with van der Waals surface area (Å²) < 4.78 is 22.9. The van der Waals surface area contributed by atoms with Gasteiger partial charge in [0.25, 0.3) is 0 Å². The van der Waals surface area contributed by atoms with Crippen molar-refractivity contribution in [3.63, 3.8) is 0 Å². The maximum Gasteiger partial charge on any atom is 0.338 e. The Kier molecular flexibility index (Phi) is 3.90. The first-order chi connectivity index (χ1) is 8.59. The highest BCUT2D eigenvalue weighted by Crippen LogP contribution is 2.22. The molecule has 98 valence electrons. The van der Waals surface area contributed by atoms with Crippen LogP contribution in [0.25, 0.3) is 0 Å². The predicted molar refractivity (Wildman–Crippen MR) is 58.5 cm³/mol. The van der Waals surface area contributed by atoms with Gasteiger partial charge in [-0.1, -0.05) is 18.2 Å². The number of benzene rings is 1. The third kappa shape index (κ3) is 2.66. The molecule has 4 atom stereocenters. The molecule has 1 aliphatic heterocycles. The molecule has 0 aromatic heterocycles. The number of hydrogen-bond acceptors (Lipinski definition) is 5. The maximum atomic E-state index is 13.4. The van der Waals surface area contributed by atoms with Crippen molar-refractivity contribution in [2.24, 2.45) is 0 Å². The zero-order valence-electron chi connectivity index (χ0n) is 9.40. The smallest absolute Gasteiger partial charge is 0.338 e. The normalized spacial score (nSPS) is 31.3. The number of alkyl halides is 1. The average Bonchev–Trinajstić information content (AvgIpc) is 2.64. The molecule has 2 rings (SSSR count). The molecule has 2 N–H and O–H groups in total. The fourth-order valence-corrected chi connectivity index (χ4v) is 1.66. The Morgan fingerprint density at radius 2 is 2.00 bits per heavy atom.